The topological polar surface area (TPSA) is 96.9 Å². The molecule has 0 bridgehead atoms. The van der Waals surface area contributed by atoms with Crippen LogP contribution in [0.4, 0.5) is 0 Å². The summed E-state index contributed by atoms with van der Waals surface area (Å²) in [4.78, 5) is 45.0. The number of nitrogens with zero attached hydrogens (tertiary/aromatic N) is 2. The highest BCUT2D eigenvalue weighted by molar-refractivity contribution is 6.05. The van der Waals surface area contributed by atoms with E-state index in [9.17, 15) is 14.4 Å². The van der Waals surface area contributed by atoms with E-state index in [4.69, 9.17) is 0 Å². The summed E-state index contributed by atoms with van der Waals surface area (Å²) >= 11 is 0. The number of H-pyrrole nitrogens is 1. The van der Waals surface area contributed by atoms with Gasteiger partial charge in [-0.2, -0.15) is 0 Å². The van der Waals surface area contributed by atoms with E-state index < -0.39 is 11.2 Å². The Kier molecular flexibility index (Phi) is 4.40. The summed E-state index contributed by atoms with van der Waals surface area (Å²) in [6.07, 6.45) is 4.30. The third kappa shape index (κ3) is 3.55. The molecule has 0 aromatic carbocycles. The first-order valence-electron chi connectivity index (χ1n) is 9.83. The number of amides is 1. The molecule has 2 heterocycles. The predicted molar refractivity (Wildman–Crippen MR) is 103 cm³/mol. The van der Waals surface area contributed by atoms with Crippen LogP contribution in [0.1, 0.15) is 68.4 Å². The monoisotopic (exact) mass is 370 g/mol. The third-order valence-electron chi connectivity index (χ3n) is 5.44. The Morgan fingerprint density at radius 2 is 1.96 bits per heavy atom. The van der Waals surface area contributed by atoms with Gasteiger partial charge in [0.05, 0.1) is 10.9 Å². The van der Waals surface area contributed by atoms with Gasteiger partial charge in [-0.15, -0.1) is 0 Å². The molecule has 0 radical (unpaired) electrons. The fourth-order valence-corrected chi connectivity index (χ4v) is 3.59. The fraction of sp³-hybridized carbons (Fsp3) is 0.600. The van der Waals surface area contributed by atoms with Gasteiger partial charge in [-0.25, -0.2) is 9.78 Å². The average Bonchev–Trinajstić information content (AvgIpc) is 3.47. The molecule has 2 aliphatic rings. The maximum absolute atomic E-state index is 13.0. The van der Waals surface area contributed by atoms with Crippen molar-refractivity contribution in [3.63, 3.8) is 0 Å². The largest absolute Gasteiger partial charge is 0.349 e. The van der Waals surface area contributed by atoms with Crippen molar-refractivity contribution < 1.29 is 4.79 Å². The molecule has 0 saturated heterocycles. The first-order chi connectivity index (χ1) is 12.8. The Morgan fingerprint density at radius 3 is 2.56 bits per heavy atom. The van der Waals surface area contributed by atoms with E-state index in [1.54, 1.807) is 6.07 Å². The molecule has 2 fully saturated rings. The summed E-state index contributed by atoms with van der Waals surface area (Å²) in [6, 6.07) is 1.82. The van der Waals surface area contributed by atoms with Crippen LogP contribution in [-0.2, 0) is 6.54 Å². The van der Waals surface area contributed by atoms with Crippen LogP contribution in [0.25, 0.3) is 11.0 Å². The van der Waals surface area contributed by atoms with Gasteiger partial charge in [0.25, 0.3) is 11.5 Å². The summed E-state index contributed by atoms with van der Waals surface area (Å²) < 4.78 is 1.49. The van der Waals surface area contributed by atoms with Crippen LogP contribution < -0.4 is 16.6 Å². The minimum absolute atomic E-state index is 0.0748. The molecule has 2 N–H and O–H groups in total. The van der Waals surface area contributed by atoms with Gasteiger partial charge in [0, 0.05) is 24.2 Å². The van der Waals surface area contributed by atoms with E-state index in [0.29, 0.717) is 29.6 Å². The molecule has 27 heavy (non-hydrogen) atoms. The van der Waals surface area contributed by atoms with Crippen molar-refractivity contribution >= 4 is 16.9 Å². The normalized spacial score (nSPS) is 18.1. The van der Waals surface area contributed by atoms with Crippen LogP contribution in [0.5, 0.6) is 0 Å². The van der Waals surface area contributed by atoms with E-state index in [2.05, 4.69) is 15.3 Å². The van der Waals surface area contributed by atoms with Gasteiger partial charge in [-0.05, 0) is 50.5 Å². The van der Waals surface area contributed by atoms with E-state index in [-0.39, 0.29) is 23.3 Å². The molecular weight excluding hydrogens is 344 g/mol. The predicted octanol–water partition coefficient (Wildman–Crippen LogP) is 2.15. The lowest BCUT2D eigenvalue weighted by molar-refractivity contribution is 0.0937. The van der Waals surface area contributed by atoms with Gasteiger partial charge in [0.15, 0.2) is 5.65 Å². The van der Waals surface area contributed by atoms with Crippen molar-refractivity contribution in [2.75, 3.05) is 0 Å². The highest BCUT2D eigenvalue weighted by atomic mass is 16.2. The first-order valence-corrected chi connectivity index (χ1v) is 9.83. The molecule has 0 unspecified atom stereocenters. The van der Waals surface area contributed by atoms with Gasteiger partial charge < -0.3 is 5.32 Å². The zero-order valence-corrected chi connectivity index (χ0v) is 16.0. The smallest absolute Gasteiger partial charge is 0.330 e. The molecule has 1 amide bonds. The van der Waals surface area contributed by atoms with Gasteiger partial charge >= 0.3 is 5.69 Å². The van der Waals surface area contributed by atoms with Crippen LogP contribution >= 0.6 is 0 Å². The summed E-state index contributed by atoms with van der Waals surface area (Å²) in [5, 5.41) is 3.24. The standard InChI is InChI=1S/C20H26N4O3/c1-10(2)9-24-17-16(19(26)23-20(24)27)14(8-15(22-17)13-6-7-13)18(25)21-11(3)12-4-5-12/h8,10-13H,4-7,9H2,1-3H3,(H,21,25)(H,23,26,27)/t11-/m0/s1. The van der Waals surface area contributed by atoms with Crippen molar-refractivity contribution in [3.8, 4) is 0 Å². The van der Waals surface area contributed by atoms with Gasteiger partial charge in [0.1, 0.15) is 0 Å². The molecule has 0 aliphatic heterocycles. The first kappa shape index (κ1) is 17.9. The molecule has 1 atom stereocenters. The number of carbonyl (C=O) groups is 1. The molecule has 7 nitrogen and oxygen atoms in total. The lowest BCUT2D eigenvalue weighted by Crippen LogP contribution is -2.37. The van der Waals surface area contributed by atoms with Crippen molar-refractivity contribution in [2.24, 2.45) is 11.8 Å². The third-order valence-corrected chi connectivity index (χ3v) is 5.44. The van der Waals surface area contributed by atoms with Crippen LogP contribution in [-0.4, -0.2) is 26.5 Å². The van der Waals surface area contributed by atoms with Crippen LogP contribution in [0.15, 0.2) is 15.7 Å². The Balaban J connectivity index is 1.89. The highest BCUT2D eigenvalue weighted by Crippen LogP contribution is 2.40. The number of pyridine rings is 1. The van der Waals surface area contributed by atoms with Crippen molar-refractivity contribution in [1.82, 2.24) is 19.9 Å². The molecule has 4 rings (SSSR count). The summed E-state index contributed by atoms with van der Waals surface area (Å²) in [5.74, 6) is 0.769. The Labute approximate surface area is 157 Å². The SMILES string of the molecule is CC(C)Cn1c(=O)[nH]c(=O)c2c(C(=O)N[C@@H](C)C3CC3)cc(C3CC3)nc21. The second kappa shape index (κ2) is 6.62. The number of hydrogen-bond donors (Lipinski definition) is 2. The maximum Gasteiger partial charge on any atom is 0.330 e. The minimum Gasteiger partial charge on any atom is -0.349 e. The Bertz CT molecular complexity index is 1010. The van der Waals surface area contributed by atoms with E-state index in [0.717, 1.165) is 31.4 Å². The van der Waals surface area contributed by atoms with E-state index >= 15 is 0 Å². The maximum atomic E-state index is 13.0. The molecule has 2 aromatic heterocycles. The number of rotatable bonds is 6. The summed E-state index contributed by atoms with van der Waals surface area (Å²) in [5.41, 5.74) is 0.432. The molecule has 2 saturated carbocycles. The van der Waals surface area contributed by atoms with Crippen LogP contribution in [0.2, 0.25) is 0 Å². The van der Waals surface area contributed by atoms with Crippen molar-refractivity contribution in [2.45, 2.75) is 65.0 Å². The molecule has 2 aromatic rings. The number of carbonyl (C=O) groups excluding carboxylic acids is 1. The average molecular weight is 370 g/mol. The number of nitrogens with one attached hydrogen (secondary N) is 2. The van der Waals surface area contributed by atoms with Crippen LogP contribution in [0.3, 0.4) is 0 Å². The molecule has 2 aliphatic carbocycles. The van der Waals surface area contributed by atoms with E-state index in [1.165, 1.54) is 4.57 Å². The second-order valence-electron chi connectivity index (χ2n) is 8.43. The molecule has 144 valence electrons. The molecular formula is C20H26N4O3. The lowest BCUT2D eigenvalue weighted by Gasteiger charge is -2.16. The van der Waals surface area contributed by atoms with Crippen molar-refractivity contribution in [1.29, 1.82) is 0 Å². The zero-order valence-electron chi connectivity index (χ0n) is 16.0. The van der Waals surface area contributed by atoms with Gasteiger partial charge in [-0.1, -0.05) is 13.8 Å². The van der Waals surface area contributed by atoms with Crippen LogP contribution in [0, 0.1) is 11.8 Å². The number of hydrogen-bond acceptors (Lipinski definition) is 4. The molecule has 7 heteroatoms. The molecule has 0 spiro atoms. The van der Waals surface area contributed by atoms with Gasteiger partial charge in [-0.3, -0.25) is 19.1 Å². The lowest BCUT2D eigenvalue weighted by atomic mass is 10.1. The summed E-state index contributed by atoms with van der Waals surface area (Å²) in [7, 11) is 0. The van der Waals surface area contributed by atoms with E-state index in [1.807, 2.05) is 20.8 Å². The zero-order chi connectivity index (χ0) is 19.3. The number of aromatic nitrogens is 3. The second-order valence-corrected chi connectivity index (χ2v) is 8.43. The quantitative estimate of drug-likeness (QED) is 0.814. The Hall–Kier alpha value is -2.44. The van der Waals surface area contributed by atoms with Gasteiger partial charge in [0.2, 0.25) is 0 Å². The minimum atomic E-state index is -0.547. The fourth-order valence-electron chi connectivity index (χ4n) is 3.59. The summed E-state index contributed by atoms with van der Waals surface area (Å²) in [6.45, 7) is 6.44. The highest BCUT2D eigenvalue weighted by Gasteiger charge is 2.32. The Morgan fingerprint density at radius 1 is 1.26 bits per heavy atom. The number of fused-ring (bicyclic) bond motifs is 1. The number of aromatic amines is 1. The van der Waals surface area contributed by atoms with Crippen molar-refractivity contribution in [3.05, 3.63) is 38.2 Å².